The molecule has 1 amide bonds. The van der Waals surface area contributed by atoms with Crippen LogP contribution < -0.4 is 11.3 Å². The Kier molecular flexibility index (Phi) is 4.52. The standard InChI is InChI=1S/C12H12FN3OS2/c1-7-5-18-12(15-7)19-6-9-4-8(11(17)16-14)2-3-10(9)13/h2-5H,6,14H2,1H3,(H,16,17). The van der Waals surface area contributed by atoms with Gasteiger partial charge in [-0.1, -0.05) is 11.8 Å². The molecular formula is C12H12FN3OS2. The van der Waals surface area contributed by atoms with Crippen molar-refractivity contribution < 1.29 is 9.18 Å². The van der Waals surface area contributed by atoms with Gasteiger partial charge in [0, 0.05) is 22.4 Å². The quantitative estimate of drug-likeness (QED) is 0.394. The van der Waals surface area contributed by atoms with E-state index >= 15 is 0 Å². The van der Waals surface area contributed by atoms with E-state index in [0.717, 1.165) is 10.0 Å². The summed E-state index contributed by atoms with van der Waals surface area (Å²) in [4.78, 5) is 15.7. The van der Waals surface area contributed by atoms with Gasteiger partial charge in [-0.2, -0.15) is 0 Å². The minimum absolute atomic E-state index is 0.339. The molecule has 2 rings (SSSR count). The molecule has 1 aromatic heterocycles. The molecule has 0 saturated carbocycles. The number of thioether (sulfide) groups is 1. The first-order valence-corrected chi connectivity index (χ1v) is 7.31. The van der Waals surface area contributed by atoms with Crippen molar-refractivity contribution in [3.05, 3.63) is 46.2 Å². The monoisotopic (exact) mass is 297 g/mol. The van der Waals surface area contributed by atoms with Crippen molar-refractivity contribution in [2.24, 2.45) is 5.84 Å². The minimum atomic E-state index is -0.434. The molecule has 3 N–H and O–H groups in total. The van der Waals surface area contributed by atoms with Gasteiger partial charge in [0.1, 0.15) is 10.2 Å². The van der Waals surface area contributed by atoms with Gasteiger partial charge >= 0.3 is 0 Å². The summed E-state index contributed by atoms with van der Waals surface area (Å²) in [6, 6.07) is 4.18. The Morgan fingerprint density at radius 1 is 1.58 bits per heavy atom. The molecule has 0 unspecified atom stereocenters. The van der Waals surface area contributed by atoms with Crippen molar-refractivity contribution in [2.75, 3.05) is 0 Å². The second kappa shape index (κ2) is 6.14. The number of amides is 1. The molecule has 2 aromatic rings. The molecule has 0 aliphatic carbocycles. The van der Waals surface area contributed by atoms with Gasteiger partial charge in [-0.05, 0) is 30.7 Å². The number of hydrogen-bond donors (Lipinski definition) is 2. The van der Waals surface area contributed by atoms with E-state index in [9.17, 15) is 9.18 Å². The van der Waals surface area contributed by atoms with Gasteiger partial charge in [0.05, 0.1) is 0 Å². The molecule has 0 aliphatic rings. The van der Waals surface area contributed by atoms with Crippen molar-refractivity contribution in [2.45, 2.75) is 17.0 Å². The van der Waals surface area contributed by atoms with Gasteiger partial charge in [0.2, 0.25) is 0 Å². The van der Waals surface area contributed by atoms with E-state index in [2.05, 4.69) is 4.98 Å². The van der Waals surface area contributed by atoms with Gasteiger partial charge in [-0.3, -0.25) is 10.2 Å². The van der Waals surface area contributed by atoms with Crippen LogP contribution in [0.5, 0.6) is 0 Å². The van der Waals surface area contributed by atoms with Crippen molar-refractivity contribution in [1.82, 2.24) is 10.4 Å². The Labute approximate surface area is 118 Å². The van der Waals surface area contributed by atoms with Gasteiger partial charge in [0.15, 0.2) is 0 Å². The number of nitrogen functional groups attached to an aromatic ring is 1. The van der Waals surface area contributed by atoms with Crippen LogP contribution in [0.4, 0.5) is 4.39 Å². The summed E-state index contributed by atoms with van der Waals surface area (Å²) in [7, 11) is 0. The molecule has 1 heterocycles. The number of rotatable bonds is 4. The zero-order chi connectivity index (χ0) is 13.8. The number of thiazole rings is 1. The highest BCUT2D eigenvalue weighted by molar-refractivity contribution is 8.00. The van der Waals surface area contributed by atoms with E-state index in [-0.39, 0.29) is 5.82 Å². The summed E-state index contributed by atoms with van der Waals surface area (Å²) >= 11 is 2.96. The number of aryl methyl sites for hydroxylation is 1. The molecule has 0 bridgehead atoms. The summed E-state index contributed by atoms with van der Waals surface area (Å²) in [6.45, 7) is 1.91. The van der Waals surface area contributed by atoms with Gasteiger partial charge in [-0.15, -0.1) is 11.3 Å². The first-order chi connectivity index (χ1) is 9.10. The van der Waals surface area contributed by atoms with E-state index in [1.165, 1.54) is 41.3 Å². The lowest BCUT2D eigenvalue weighted by molar-refractivity contribution is 0.0953. The molecular weight excluding hydrogens is 285 g/mol. The third-order valence-electron chi connectivity index (χ3n) is 2.39. The predicted molar refractivity (Wildman–Crippen MR) is 74.5 cm³/mol. The smallest absolute Gasteiger partial charge is 0.265 e. The molecule has 0 spiro atoms. The van der Waals surface area contributed by atoms with Crippen LogP contribution >= 0.6 is 23.1 Å². The van der Waals surface area contributed by atoms with E-state index in [4.69, 9.17) is 5.84 Å². The summed E-state index contributed by atoms with van der Waals surface area (Å²) < 4.78 is 14.5. The summed E-state index contributed by atoms with van der Waals surface area (Å²) in [5.74, 6) is 4.70. The van der Waals surface area contributed by atoms with Crippen LogP contribution in [-0.4, -0.2) is 10.9 Å². The Morgan fingerprint density at radius 3 is 3.00 bits per heavy atom. The number of carbonyl (C=O) groups excluding carboxylic acids is 1. The Morgan fingerprint density at radius 2 is 2.37 bits per heavy atom. The fourth-order valence-corrected chi connectivity index (χ4v) is 3.27. The zero-order valence-corrected chi connectivity index (χ0v) is 11.8. The lowest BCUT2D eigenvalue weighted by atomic mass is 10.1. The third-order valence-corrected chi connectivity index (χ3v) is 4.58. The molecule has 0 aliphatic heterocycles. The lowest BCUT2D eigenvalue weighted by Crippen LogP contribution is -2.30. The maximum absolute atomic E-state index is 13.7. The number of carbonyl (C=O) groups is 1. The summed E-state index contributed by atoms with van der Waals surface area (Å²) in [6.07, 6.45) is 0. The van der Waals surface area contributed by atoms with Crippen molar-refractivity contribution >= 4 is 29.0 Å². The first-order valence-electron chi connectivity index (χ1n) is 5.44. The fourth-order valence-electron chi connectivity index (χ4n) is 1.45. The maximum atomic E-state index is 13.7. The zero-order valence-electron chi connectivity index (χ0n) is 10.1. The Bertz CT molecular complexity index is 600. The summed E-state index contributed by atoms with van der Waals surface area (Å²) in [5.41, 5.74) is 3.77. The van der Waals surface area contributed by atoms with Crippen LogP contribution in [0.15, 0.2) is 27.9 Å². The van der Waals surface area contributed by atoms with Crippen LogP contribution in [0.1, 0.15) is 21.6 Å². The number of aromatic nitrogens is 1. The normalized spacial score (nSPS) is 10.5. The average Bonchev–Trinajstić information content (AvgIpc) is 2.82. The summed E-state index contributed by atoms with van der Waals surface area (Å²) in [5, 5.41) is 1.94. The molecule has 7 heteroatoms. The number of nitrogens with one attached hydrogen (secondary N) is 1. The highest BCUT2D eigenvalue weighted by Crippen LogP contribution is 2.27. The number of hydrogen-bond acceptors (Lipinski definition) is 5. The number of nitrogens with two attached hydrogens (primary N) is 1. The van der Waals surface area contributed by atoms with E-state index in [0.29, 0.717) is 16.9 Å². The van der Waals surface area contributed by atoms with Gasteiger partial charge in [0.25, 0.3) is 5.91 Å². The molecule has 4 nitrogen and oxygen atoms in total. The van der Waals surface area contributed by atoms with Crippen LogP contribution in [-0.2, 0) is 5.75 Å². The molecule has 1 aromatic carbocycles. The maximum Gasteiger partial charge on any atom is 0.265 e. The van der Waals surface area contributed by atoms with Crippen LogP contribution in [0.3, 0.4) is 0 Å². The van der Waals surface area contributed by atoms with Crippen molar-refractivity contribution in [3.63, 3.8) is 0 Å². The SMILES string of the molecule is Cc1csc(SCc2cc(C(=O)NN)ccc2F)n1. The van der Waals surface area contributed by atoms with Crippen molar-refractivity contribution in [3.8, 4) is 0 Å². The number of benzene rings is 1. The molecule has 100 valence electrons. The number of nitrogens with zero attached hydrogens (tertiary/aromatic N) is 1. The Balaban J connectivity index is 2.12. The van der Waals surface area contributed by atoms with Gasteiger partial charge < -0.3 is 0 Å². The highest BCUT2D eigenvalue weighted by Gasteiger charge is 2.10. The second-order valence-corrected chi connectivity index (χ2v) is 5.90. The van der Waals surface area contributed by atoms with E-state index < -0.39 is 5.91 Å². The van der Waals surface area contributed by atoms with Crippen molar-refractivity contribution in [1.29, 1.82) is 0 Å². The number of hydrazine groups is 1. The van der Waals surface area contributed by atoms with E-state index in [1.54, 1.807) is 0 Å². The Hall–Kier alpha value is -1.44. The van der Waals surface area contributed by atoms with Crippen LogP contribution in [0.25, 0.3) is 0 Å². The third kappa shape index (κ3) is 3.52. The van der Waals surface area contributed by atoms with Crippen LogP contribution in [0.2, 0.25) is 0 Å². The fraction of sp³-hybridized carbons (Fsp3) is 0.167. The number of halogens is 1. The molecule has 0 atom stereocenters. The minimum Gasteiger partial charge on any atom is -0.290 e. The predicted octanol–water partition coefficient (Wildman–Crippen LogP) is 2.49. The topological polar surface area (TPSA) is 68.0 Å². The largest absolute Gasteiger partial charge is 0.290 e. The lowest BCUT2D eigenvalue weighted by Gasteiger charge is -2.05. The average molecular weight is 297 g/mol. The molecule has 0 saturated heterocycles. The molecule has 19 heavy (non-hydrogen) atoms. The highest BCUT2D eigenvalue weighted by atomic mass is 32.2. The molecule has 0 fully saturated rings. The second-order valence-electron chi connectivity index (χ2n) is 3.82. The van der Waals surface area contributed by atoms with Crippen LogP contribution in [0, 0.1) is 12.7 Å². The van der Waals surface area contributed by atoms with Gasteiger partial charge in [-0.25, -0.2) is 15.2 Å². The first kappa shape index (κ1) is 14.0. The molecule has 0 radical (unpaired) electrons. The van der Waals surface area contributed by atoms with E-state index in [1.807, 2.05) is 17.7 Å².